The highest BCUT2D eigenvalue weighted by Gasteiger charge is 2.40. The summed E-state index contributed by atoms with van der Waals surface area (Å²) in [5, 5.41) is 7.09. The molecule has 31 heavy (non-hydrogen) atoms. The summed E-state index contributed by atoms with van der Waals surface area (Å²) in [4.78, 5) is 5.37. The van der Waals surface area contributed by atoms with Crippen LogP contribution in [-0.4, -0.2) is 51.6 Å². The Morgan fingerprint density at radius 2 is 1.58 bits per heavy atom. The first kappa shape index (κ1) is 24.6. The molecule has 0 radical (unpaired) electrons. The molecule has 2 saturated carbocycles. The molecule has 0 amide bonds. The topological polar surface area (TPSA) is 73.2 Å². The molecule has 176 valence electrons. The first-order valence-electron chi connectivity index (χ1n) is 11.6. The van der Waals surface area contributed by atoms with E-state index in [2.05, 4.69) is 66.1 Å². The van der Waals surface area contributed by atoms with Gasteiger partial charge in [-0.05, 0) is 66.4 Å². The summed E-state index contributed by atoms with van der Waals surface area (Å²) < 4.78 is 19.1. The quantitative estimate of drug-likeness (QED) is 0.366. The summed E-state index contributed by atoms with van der Waals surface area (Å²) in [7, 11) is 0. The van der Waals surface area contributed by atoms with Crippen molar-refractivity contribution in [1.29, 1.82) is 0 Å². The molecule has 1 unspecified atom stereocenters. The summed E-state index contributed by atoms with van der Waals surface area (Å²) in [5.41, 5.74) is 4.03. The maximum Gasteiger partial charge on any atom is 0.330 e. The van der Waals surface area contributed by atoms with Crippen LogP contribution >= 0.6 is 0 Å². The molecule has 4 rings (SSSR count). The number of piperazine rings is 1. The van der Waals surface area contributed by atoms with Crippen molar-refractivity contribution in [1.82, 2.24) is 4.90 Å². The summed E-state index contributed by atoms with van der Waals surface area (Å²) >= 11 is -2.52. The fourth-order valence-electron chi connectivity index (χ4n) is 6.02. The highest BCUT2D eigenvalue weighted by molar-refractivity contribution is 7.74. The molecule has 3 aliphatic rings. The van der Waals surface area contributed by atoms with E-state index in [1.54, 1.807) is 5.56 Å². The highest BCUT2D eigenvalue weighted by atomic mass is 32.2. The van der Waals surface area contributed by atoms with Gasteiger partial charge in [-0.25, -0.2) is 5.26 Å². The van der Waals surface area contributed by atoms with Crippen molar-refractivity contribution in [2.45, 2.75) is 65.7 Å². The Hall–Kier alpha value is -0.990. The molecular weight excluding hydrogens is 412 g/mol. The molecule has 0 bridgehead atoms. The average Bonchev–Trinajstić information content (AvgIpc) is 3.51. The highest BCUT2D eigenvalue weighted by Crippen LogP contribution is 2.53. The number of benzene rings is 1. The van der Waals surface area contributed by atoms with E-state index in [0.717, 1.165) is 5.92 Å². The zero-order valence-electron chi connectivity index (χ0n) is 19.5. The van der Waals surface area contributed by atoms with Crippen LogP contribution in [0.5, 0.6) is 0 Å². The molecule has 0 spiro atoms. The van der Waals surface area contributed by atoms with Gasteiger partial charge in [0.25, 0.3) is 0 Å². The SMILES string of the molecule is CC1(C)CC(c2ccccc2N2CCN(CC3CC3)CC2)CC(C)(C)C1.O=S(O)OO. The average molecular weight is 453 g/mol. The van der Waals surface area contributed by atoms with Crippen molar-refractivity contribution in [3.8, 4) is 0 Å². The van der Waals surface area contributed by atoms with E-state index in [9.17, 15) is 0 Å². The van der Waals surface area contributed by atoms with Gasteiger partial charge in [0.1, 0.15) is 0 Å². The second-order valence-corrected chi connectivity index (χ2v) is 11.8. The van der Waals surface area contributed by atoms with E-state index in [1.165, 1.54) is 70.5 Å². The van der Waals surface area contributed by atoms with Crippen LogP contribution in [0.1, 0.15) is 71.3 Å². The number of nitrogens with zero attached hydrogens (tertiary/aromatic N) is 2. The van der Waals surface area contributed by atoms with E-state index in [0.29, 0.717) is 16.7 Å². The number of hydrogen-bond donors (Lipinski definition) is 2. The third-order valence-corrected chi connectivity index (χ3v) is 7.05. The summed E-state index contributed by atoms with van der Waals surface area (Å²) in [6.45, 7) is 16.1. The molecule has 3 fully saturated rings. The molecule has 7 heteroatoms. The van der Waals surface area contributed by atoms with Crippen molar-refractivity contribution in [2.24, 2.45) is 16.7 Å². The Morgan fingerprint density at radius 3 is 2.10 bits per heavy atom. The lowest BCUT2D eigenvalue weighted by atomic mass is 9.60. The van der Waals surface area contributed by atoms with Crippen LogP contribution in [0.3, 0.4) is 0 Å². The summed E-state index contributed by atoms with van der Waals surface area (Å²) in [6.07, 6.45) is 6.94. The third kappa shape index (κ3) is 7.53. The van der Waals surface area contributed by atoms with E-state index < -0.39 is 11.4 Å². The fraction of sp³-hybridized carbons (Fsp3) is 0.750. The van der Waals surface area contributed by atoms with Crippen molar-refractivity contribution in [3.05, 3.63) is 29.8 Å². The number of rotatable bonds is 5. The van der Waals surface area contributed by atoms with Crippen molar-refractivity contribution >= 4 is 17.0 Å². The summed E-state index contributed by atoms with van der Waals surface area (Å²) in [5.74, 6) is 1.72. The Morgan fingerprint density at radius 1 is 1.03 bits per heavy atom. The van der Waals surface area contributed by atoms with Gasteiger partial charge >= 0.3 is 11.4 Å². The van der Waals surface area contributed by atoms with Gasteiger partial charge in [-0.3, -0.25) is 9.45 Å². The largest absolute Gasteiger partial charge is 0.369 e. The van der Waals surface area contributed by atoms with Crippen molar-refractivity contribution in [2.75, 3.05) is 37.6 Å². The van der Waals surface area contributed by atoms with Gasteiger partial charge in [0.2, 0.25) is 0 Å². The molecule has 0 aromatic heterocycles. The Balaban J connectivity index is 0.000000491. The molecule has 1 aliphatic heterocycles. The smallest absolute Gasteiger partial charge is 0.330 e. The first-order chi connectivity index (χ1) is 14.6. The minimum absolute atomic E-state index is 0.447. The number of anilines is 1. The maximum absolute atomic E-state index is 9.01. The molecular formula is C24H40N2O4S. The van der Waals surface area contributed by atoms with Gasteiger partial charge in [0.15, 0.2) is 0 Å². The van der Waals surface area contributed by atoms with Gasteiger partial charge in [-0.1, -0.05) is 45.9 Å². The second kappa shape index (κ2) is 10.3. The fourth-order valence-corrected chi connectivity index (χ4v) is 6.02. The normalized spacial score (nSPS) is 24.9. The second-order valence-electron chi connectivity index (χ2n) is 11.2. The minimum atomic E-state index is -2.52. The van der Waals surface area contributed by atoms with Crippen LogP contribution in [-0.2, 0) is 15.7 Å². The van der Waals surface area contributed by atoms with Gasteiger partial charge in [-0.2, -0.15) is 4.21 Å². The van der Waals surface area contributed by atoms with Gasteiger partial charge in [0, 0.05) is 38.4 Å². The van der Waals surface area contributed by atoms with Crippen LogP contribution in [0.25, 0.3) is 0 Å². The van der Waals surface area contributed by atoms with Crippen LogP contribution in [0.15, 0.2) is 24.3 Å². The molecule has 1 aromatic carbocycles. The third-order valence-electron chi connectivity index (χ3n) is 6.92. The monoisotopic (exact) mass is 452 g/mol. The van der Waals surface area contributed by atoms with Crippen molar-refractivity contribution < 1.29 is 18.4 Å². The molecule has 1 heterocycles. The number of para-hydroxylation sites is 1. The standard InChI is InChI=1S/C24H38N2.H2O4S/c1-23(2)15-20(16-24(3,4)18-23)21-7-5-6-8-22(21)26-13-11-25(12-14-26)17-19-9-10-19;1-4-5(2)3/h5-8,19-20H,9-18H2,1-4H3;1H,(H,2,3). The molecule has 1 atom stereocenters. The zero-order chi connectivity index (χ0) is 22.6. The van der Waals surface area contributed by atoms with Crippen LogP contribution in [0, 0.1) is 16.7 Å². The Bertz CT molecular complexity index is 727. The molecule has 2 N–H and O–H groups in total. The van der Waals surface area contributed by atoms with Gasteiger partial charge in [-0.15, -0.1) is 4.33 Å². The van der Waals surface area contributed by atoms with E-state index in [1.807, 2.05) is 0 Å². The van der Waals surface area contributed by atoms with Gasteiger partial charge in [0.05, 0.1) is 0 Å². The van der Waals surface area contributed by atoms with E-state index in [4.69, 9.17) is 14.0 Å². The van der Waals surface area contributed by atoms with E-state index >= 15 is 0 Å². The lowest BCUT2D eigenvalue weighted by Crippen LogP contribution is -2.47. The molecule has 2 aliphatic carbocycles. The predicted molar refractivity (Wildman–Crippen MR) is 126 cm³/mol. The minimum Gasteiger partial charge on any atom is -0.369 e. The van der Waals surface area contributed by atoms with Crippen LogP contribution in [0.4, 0.5) is 5.69 Å². The summed E-state index contributed by atoms with van der Waals surface area (Å²) in [6, 6.07) is 9.32. The molecule has 6 nitrogen and oxygen atoms in total. The Kier molecular flexibility index (Phi) is 8.19. The van der Waals surface area contributed by atoms with Gasteiger partial charge < -0.3 is 4.90 Å². The van der Waals surface area contributed by atoms with E-state index in [-0.39, 0.29) is 0 Å². The first-order valence-corrected chi connectivity index (χ1v) is 12.6. The van der Waals surface area contributed by atoms with Crippen molar-refractivity contribution in [3.63, 3.8) is 0 Å². The maximum atomic E-state index is 9.01. The Labute approximate surface area is 190 Å². The molecule has 1 aromatic rings. The predicted octanol–water partition coefficient (Wildman–Crippen LogP) is 5.15. The number of hydrogen-bond acceptors (Lipinski definition) is 5. The lowest BCUT2D eigenvalue weighted by molar-refractivity contribution is -0.131. The molecule has 1 saturated heterocycles. The zero-order valence-corrected chi connectivity index (χ0v) is 20.4. The van der Waals surface area contributed by atoms with Crippen LogP contribution in [0.2, 0.25) is 0 Å². The lowest BCUT2D eigenvalue weighted by Gasteiger charge is -2.46. The van der Waals surface area contributed by atoms with Crippen LogP contribution < -0.4 is 4.90 Å².